The van der Waals surface area contributed by atoms with Crippen LogP contribution < -0.4 is 10.2 Å². The van der Waals surface area contributed by atoms with E-state index in [1.165, 1.54) is 12.8 Å². The number of anilines is 1. The lowest BCUT2D eigenvalue weighted by atomic mass is 9.92. The van der Waals surface area contributed by atoms with Gasteiger partial charge in [-0.15, -0.1) is 10.2 Å². The van der Waals surface area contributed by atoms with Crippen LogP contribution >= 0.6 is 0 Å². The number of benzene rings is 1. The van der Waals surface area contributed by atoms with Gasteiger partial charge in [0.2, 0.25) is 0 Å². The molecule has 126 valence electrons. The van der Waals surface area contributed by atoms with Crippen molar-refractivity contribution < 1.29 is 5.11 Å². The number of aromatic nitrogens is 2. The van der Waals surface area contributed by atoms with E-state index in [0.29, 0.717) is 18.0 Å². The summed E-state index contributed by atoms with van der Waals surface area (Å²) in [5, 5.41) is 22.7. The maximum Gasteiger partial charge on any atom is 0.151 e. The Balaban J connectivity index is 1.60. The summed E-state index contributed by atoms with van der Waals surface area (Å²) in [4.78, 5) is 2.39. The molecule has 1 aromatic heterocycles. The zero-order valence-electron chi connectivity index (χ0n) is 14.2. The van der Waals surface area contributed by atoms with Gasteiger partial charge in [-0.25, -0.2) is 0 Å². The highest BCUT2D eigenvalue weighted by Crippen LogP contribution is 2.33. The molecule has 2 aromatic rings. The molecule has 0 saturated carbocycles. The van der Waals surface area contributed by atoms with Crippen LogP contribution in [0, 0.1) is 12.8 Å². The Morgan fingerprint density at radius 3 is 2.83 bits per heavy atom. The van der Waals surface area contributed by atoms with Crippen molar-refractivity contribution in [3.8, 4) is 17.0 Å². The second-order valence-corrected chi connectivity index (χ2v) is 7.15. The lowest BCUT2D eigenvalue weighted by molar-refractivity contribution is 0.310. The summed E-state index contributed by atoms with van der Waals surface area (Å²) in [6, 6.07) is 10.6. The van der Waals surface area contributed by atoms with E-state index in [4.69, 9.17) is 0 Å². The van der Waals surface area contributed by atoms with Gasteiger partial charge in [-0.3, -0.25) is 0 Å². The van der Waals surface area contributed by atoms with E-state index < -0.39 is 0 Å². The fourth-order valence-corrected chi connectivity index (χ4v) is 4.11. The van der Waals surface area contributed by atoms with Gasteiger partial charge in [0.05, 0.1) is 5.69 Å². The summed E-state index contributed by atoms with van der Waals surface area (Å²) in [7, 11) is 0. The van der Waals surface area contributed by atoms with E-state index in [2.05, 4.69) is 27.3 Å². The highest BCUT2D eigenvalue weighted by molar-refractivity contribution is 5.70. The maximum absolute atomic E-state index is 10.1. The molecule has 3 atom stereocenters. The molecule has 4 rings (SSSR count). The first-order valence-electron chi connectivity index (χ1n) is 8.76. The predicted molar refractivity (Wildman–Crippen MR) is 95.2 cm³/mol. The van der Waals surface area contributed by atoms with Crippen LogP contribution in [-0.2, 0) is 0 Å². The van der Waals surface area contributed by atoms with Gasteiger partial charge < -0.3 is 15.3 Å². The van der Waals surface area contributed by atoms with Gasteiger partial charge in [0.15, 0.2) is 5.82 Å². The first-order valence-corrected chi connectivity index (χ1v) is 8.76. The highest BCUT2D eigenvalue weighted by Gasteiger charge is 2.38. The van der Waals surface area contributed by atoms with E-state index in [1.807, 2.05) is 31.2 Å². The second-order valence-electron chi connectivity index (χ2n) is 7.15. The van der Waals surface area contributed by atoms with Crippen molar-refractivity contribution in [1.29, 1.82) is 0 Å². The molecular weight excluding hydrogens is 300 g/mol. The van der Waals surface area contributed by atoms with Gasteiger partial charge in [-0.2, -0.15) is 0 Å². The number of phenolic OH excluding ortho intramolecular Hbond substituents is 1. The molecular formula is C19H24N4O. The third-order valence-corrected chi connectivity index (χ3v) is 5.37. The summed E-state index contributed by atoms with van der Waals surface area (Å²) < 4.78 is 0. The minimum absolute atomic E-state index is 0.253. The van der Waals surface area contributed by atoms with Crippen molar-refractivity contribution in [2.75, 3.05) is 18.0 Å². The first kappa shape index (κ1) is 15.4. The SMILES string of the molecule is Cc1cccc(O)c1-c1ccc(N2CC[C@H]3NCC(C)C[C@@H]32)nn1. The molecule has 0 bridgehead atoms. The van der Waals surface area contributed by atoms with Crippen LogP contribution in [0.5, 0.6) is 5.75 Å². The summed E-state index contributed by atoms with van der Waals surface area (Å²) in [5.41, 5.74) is 2.49. The smallest absolute Gasteiger partial charge is 0.151 e. The van der Waals surface area contributed by atoms with Crippen LogP contribution in [0.15, 0.2) is 30.3 Å². The van der Waals surface area contributed by atoms with Gasteiger partial charge in [0.25, 0.3) is 0 Å². The summed E-state index contributed by atoms with van der Waals surface area (Å²) in [6.45, 7) is 6.42. The van der Waals surface area contributed by atoms with Gasteiger partial charge in [0.1, 0.15) is 5.75 Å². The number of hydrogen-bond acceptors (Lipinski definition) is 5. The van der Waals surface area contributed by atoms with Gasteiger partial charge >= 0.3 is 0 Å². The molecule has 2 N–H and O–H groups in total. The summed E-state index contributed by atoms with van der Waals surface area (Å²) >= 11 is 0. The topological polar surface area (TPSA) is 61.3 Å². The molecule has 1 unspecified atom stereocenters. The molecule has 5 heteroatoms. The fourth-order valence-electron chi connectivity index (χ4n) is 4.11. The second kappa shape index (κ2) is 6.06. The molecule has 3 heterocycles. The third kappa shape index (κ3) is 2.63. The van der Waals surface area contributed by atoms with Crippen molar-refractivity contribution in [3.63, 3.8) is 0 Å². The third-order valence-electron chi connectivity index (χ3n) is 5.37. The van der Waals surface area contributed by atoms with Crippen molar-refractivity contribution in [1.82, 2.24) is 15.5 Å². The van der Waals surface area contributed by atoms with E-state index >= 15 is 0 Å². The zero-order chi connectivity index (χ0) is 16.7. The Kier molecular flexibility index (Phi) is 3.88. The van der Waals surface area contributed by atoms with Gasteiger partial charge in [0, 0.05) is 24.2 Å². The highest BCUT2D eigenvalue weighted by atomic mass is 16.3. The quantitative estimate of drug-likeness (QED) is 0.889. The average molecular weight is 324 g/mol. The Morgan fingerprint density at radius 1 is 1.21 bits per heavy atom. The molecule has 2 fully saturated rings. The number of hydrogen-bond donors (Lipinski definition) is 2. The van der Waals surface area contributed by atoms with Crippen LogP contribution in [0.1, 0.15) is 25.3 Å². The predicted octanol–water partition coefficient (Wildman–Crippen LogP) is 2.73. The maximum atomic E-state index is 10.1. The van der Waals surface area contributed by atoms with Crippen molar-refractivity contribution >= 4 is 5.82 Å². The standard InChI is InChI=1S/C19H24N4O/c1-12-10-16-14(20-11-12)8-9-23(16)18-7-6-15(21-22-18)19-13(2)4-3-5-17(19)24/h3-7,12,14,16,20,24H,8-11H2,1-2H3/t12?,14-,16+/m1/s1. The molecule has 0 amide bonds. The van der Waals surface area contributed by atoms with Crippen LogP contribution in [0.4, 0.5) is 5.82 Å². The molecule has 0 radical (unpaired) electrons. The van der Waals surface area contributed by atoms with E-state index in [-0.39, 0.29) is 5.75 Å². The molecule has 2 aliphatic heterocycles. The van der Waals surface area contributed by atoms with Gasteiger partial charge in [-0.05, 0) is 56.0 Å². The van der Waals surface area contributed by atoms with Crippen molar-refractivity contribution in [2.45, 2.75) is 38.8 Å². The average Bonchev–Trinajstić information content (AvgIpc) is 2.98. The van der Waals surface area contributed by atoms with Crippen LogP contribution in [0.2, 0.25) is 0 Å². The molecule has 5 nitrogen and oxygen atoms in total. The monoisotopic (exact) mass is 324 g/mol. The largest absolute Gasteiger partial charge is 0.507 e. The Morgan fingerprint density at radius 2 is 2.08 bits per heavy atom. The molecule has 2 saturated heterocycles. The number of aromatic hydroxyl groups is 1. The van der Waals surface area contributed by atoms with Crippen LogP contribution in [-0.4, -0.2) is 40.5 Å². The van der Waals surface area contributed by atoms with E-state index in [1.54, 1.807) is 6.07 Å². The molecule has 2 aliphatic rings. The molecule has 0 aliphatic carbocycles. The number of aryl methyl sites for hydroxylation is 1. The number of nitrogens with zero attached hydrogens (tertiary/aromatic N) is 3. The molecule has 24 heavy (non-hydrogen) atoms. The molecule has 0 spiro atoms. The number of fused-ring (bicyclic) bond motifs is 1. The number of nitrogens with one attached hydrogen (secondary N) is 1. The lowest BCUT2D eigenvalue weighted by Gasteiger charge is -2.35. The van der Waals surface area contributed by atoms with Crippen molar-refractivity contribution in [3.05, 3.63) is 35.9 Å². The fraction of sp³-hybridized carbons (Fsp3) is 0.474. The van der Waals surface area contributed by atoms with Crippen LogP contribution in [0.25, 0.3) is 11.3 Å². The summed E-state index contributed by atoms with van der Waals surface area (Å²) in [5.74, 6) is 1.89. The minimum atomic E-state index is 0.253. The lowest BCUT2D eigenvalue weighted by Crippen LogP contribution is -2.50. The Bertz CT molecular complexity index is 710. The normalized spacial score (nSPS) is 26.4. The van der Waals surface area contributed by atoms with Crippen molar-refractivity contribution in [2.24, 2.45) is 5.92 Å². The first-order chi connectivity index (χ1) is 11.6. The summed E-state index contributed by atoms with van der Waals surface area (Å²) in [6.07, 6.45) is 2.37. The minimum Gasteiger partial charge on any atom is -0.507 e. The number of phenols is 1. The zero-order valence-corrected chi connectivity index (χ0v) is 14.2. The Labute approximate surface area is 142 Å². The number of rotatable bonds is 2. The van der Waals surface area contributed by atoms with Crippen LogP contribution in [0.3, 0.4) is 0 Å². The number of piperidine rings is 1. The van der Waals surface area contributed by atoms with Gasteiger partial charge in [-0.1, -0.05) is 19.1 Å². The molecule has 1 aromatic carbocycles. The van der Waals surface area contributed by atoms with E-state index in [0.717, 1.165) is 35.7 Å². The Hall–Kier alpha value is -2.14. The van der Waals surface area contributed by atoms with E-state index in [9.17, 15) is 5.11 Å².